The van der Waals surface area contributed by atoms with Gasteiger partial charge in [-0.2, -0.15) is 0 Å². The maximum absolute atomic E-state index is 11.7. The molecule has 14 heavy (non-hydrogen) atoms. The van der Waals surface area contributed by atoms with Crippen molar-refractivity contribution in [2.75, 3.05) is 13.7 Å². The topological polar surface area (TPSA) is 38.3 Å². The van der Waals surface area contributed by atoms with Gasteiger partial charge in [0.15, 0.2) is 0 Å². The number of hydrogen-bond donors (Lipinski definition) is 1. The van der Waals surface area contributed by atoms with Gasteiger partial charge < -0.3 is 10.1 Å². The van der Waals surface area contributed by atoms with Crippen LogP contribution < -0.4 is 5.32 Å². The van der Waals surface area contributed by atoms with Crippen LogP contribution in [0.2, 0.25) is 0 Å². The molecule has 0 bridgehead atoms. The molecule has 82 valence electrons. The van der Waals surface area contributed by atoms with Crippen molar-refractivity contribution in [1.82, 2.24) is 5.32 Å². The van der Waals surface area contributed by atoms with Crippen LogP contribution in [-0.4, -0.2) is 25.2 Å². The van der Waals surface area contributed by atoms with Gasteiger partial charge in [-0.25, -0.2) is 0 Å². The lowest BCUT2D eigenvalue weighted by molar-refractivity contribution is -0.148. The summed E-state index contributed by atoms with van der Waals surface area (Å²) in [5.41, 5.74) is -0.385. The van der Waals surface area contributed by atoms with Crippen molar-refractivity contribution in [3.8, 4) is 0 Å². The molecule has 0 spiro atoms. The first-order valence-electron chi connectivity index (χ1n) is 5.52. The highest BCUT2D eigenvalue weighted by Crippen LogP contribution is 2.37. The minimum Gasteiger partial charge on any atom is -0.468 e. The van der Waals surface area contributed by atoms with Crippen molar-refractivity contribution in [2.24, 2.45) is 5.92 Å². The summed E-state index contributed by atoms with van der Waals surface area (Å²) in [5, 5.41) is 3.30. The number of carbonyl (C=O) groups excluding carboxylic acids is 1. The molecule has 0 heterocycles. The summed E-state index contributed by atoms with van der Waals surface area (Å²) in [6.45, 7) is 5.04. The summed E-state index contributed by atoms with van der Waals surface area (Å²) < 4.78 is 4.88. The minimum absolute atomic E-state index is 0.0877. The van der Waals surface area contributed by atoms with Gasteiger partial charge in [0.05, 0.1) is 7.11 Å². The van der Waals surface area contributed by atoms with Crippen LogP contribution in [0, 0.1) is 5.92 Å². The average molecular weight is 199 g/mol. The van der Waals surface area contributed by atoms with E-state index < -0.39 is 0 Å². The fraction of sp³-hybridized carbons (Fsp3) is 0.909. The van der Waals surface area contributed by atoms with E-state index >= 15 is 0 Å². The molecule has 0 saturated heterocycles. The highest BCUT2D eigenvalue weighted by molar-refractivity contribution is 5.81. The van der Waals surface area contributed by atoms with E-state index in [0.717, 1.165) is 32.2 Å². The summed E-state index contributed by atoms with van der Waals surface area (Å²) in [6, 6.07) is 0. The fourth-order valence-corrected chi connectivity index (χ4v) is 2.45. The molecule has 0 aliphatic heterocycles. The van der Waals surface area contributed by atoms with Gasteiger partial charge in [0.1, 0.15) is 5.54 Å². The summed E-state index contributed by atoms with van der Waals surface area (Å²) in [6.07, 6.45) is 4.15. The van der Waals surface area contributed by atoms with Crippen molar-refractivity contribution in [1.29, 1.82) is 0 Å². The highest BCUT2D eigenvalue weighted by Gasteiger charge is 2.44. The van der Waals surface area contributed by atoms with Crippen molar-refractivity contribution in [2.45, 2.75) is 45.1 Å². The zero-order chi connectivity index (χ0) is 10.6. The quantitative estimate of drug-likeness (QED) is 0.701. The first-order chi connectivity index (χ1) is 6.68. The SMILES string of the molecule is CCNC1(C(=O)OC)CCC(CC)C1. The maximum Gasteiger partial charge on any atom is 0.326 e. The van der Waals surface area contributed by atoms with Crippen molar-refractivity contribution in [3.05, 3.63) is 0 Å². The lowest BCUT2D eigenvalue weighted by Gasteiger charge is -2.27. The van der Waals surface area contributed by atoms with Crippen LogP contribution in [0.4, 0.5) is 0 Å². The molecule has 0 aromatic carbocycles. The molecule has 1 N–H and O–H groups in total. The Bertz CT molecular complexity index is 205. The molecule has 1 fully saturated rings. The first kappa shape index (κ1) is 11.5. The lowest BCUT2D eigenvalue weighted by atomic mass is 9.95. The predicted octanol–water partition coefficient (Wildman–Crippen LogP) is 1.72. The second-order valence-corrected chi connectivity index (χ2v) is 4.12. The third-order valence-electron chi connectivity index (χ3n) is 3.29. The molecule has 0 aromatic rings. The Balaban J connectivity index is 2.69. The van der Waals surface area contributed by atoms with Gasteiger partial charge in [-0.05, 0) is 31.7 Å². The molecule has 1 aliphatic carbocycles. The van der Waals surface area contributed by atoms with E-state index in [4.69, 9.17) is 4.74 Å². The zero-order valence-corrected chi connectivity index (χ0v) is 9.43. The van der Waals surface area contributed by atoms with Gasteiger partial charge >= 0.3 is 5.97 Å². The van der Waals surface area contributed by atoms with E-state index in [-0.39, 0.29) is 11.5 Å². The van der Waals surface area contributed by atoms with Gasteiger partial charge in [0.25, 0.3) is 0 Å². The maximum atomic E-state index is 11.7. The number of hydrogen-bond acceptors (Lipinski definition) is 3. The third kappa shape index (κ3) is 2.08. The Morgan fingerprint density at radius 1 is 1.57 bits per heavy atom. The molecule has 3 nitrogen and oxygen atoms in total. The van der Waals surface area contributed by atoms with Crippen molar-refractivity contribution >= 4 is 5.97 Å². The van der Waals surface area contributed by atoms with Crippen molar-refractivity contribution < 1.29 is 9.53 Å². The largest absolute Gasteiger partial charge is 0.468 e. The molecule has 0 aromatic heterocycles. The van der Waals surface area contributed by atoms with Crippen LogP contribution in [0.25, 0.3) is 0 Å². The Labute approximate surface area is 86.2 Å². The van der Waals surface area contributed by atoms with Crippen LogP contribution in [0.1, 0.15) is 39.5 Å². The smallest absolute Gasteiger partial charge is 0.326 e. The van der Waals surface area contributed by atoms with E-state index in [0.29, 0.717) is 5.92 Å². The number of methoxy groups -OCH3 is 1. The van der Waals surface area contributed by atoms with E-state index in [2.05, 4.69) is 12.2 Å². The number of ether oxygens (including phenoxy) is 1. The highest BCUT2D eigenvalue weighted by atomic mass is 16.5. The van der Waals surface area contributed by atoms with Crippen LogP contribution in [-0.2, 0) is 9.53 Å². The molecular formula is C11H21NO2. The molecule has 3 heteroatoms. The first-order valence-corrected chi connectivity index (χ1v) is 5.52. The standard InChI is InChI=1S/C11H21NO2/c1-4-9-6-7-11(8-9,12-5-2)10(13)14-3/h9,12H,4-8H2,1-3H3. The van der Waals surface area contributed by atoms with E-state index in [9.17, 15) is 4.79 Å². The number of likely N-dealkylation sites (N-methyl/N-ethyl adjacent to an activating group) is 1. The van der Waals surface area contributed by atoms with Gasteiger partial charge in [-0.15, -0.1) is 0 Å². The van der Waals surface area contributed by atoms with E-state index in [1.165, 1.54) is 7.11 Å². The second kappa shape index (κ2) is 4.78. The average Bonchev–Trinajstić information content (AvgIpc) is 2.62. The Morgan fingerprint density at radius 2 is 2.29 bits per heavy atom. The fourth-order valence-electron chi connectivity index (χ4n) is 2.45. The summed E-state index contributed by atoms with van der Waals surface area (Å²) in [4.78, 5) is 11.7. The van der Waals surface area contributed by atoms with Gasteiger partial charge in [-0.3, -0.25) is 4.79 Å². The van der Waals surface area contributed by atoms with Crippen LogP contribution in [0.5, 0.6) is 0 Å². The lowest BCUT2D eigenvalue weighted by Crippen LogP contribution is -2.50. The Kier molecular flexibility index (Phi) is 3.93. The second-order valence-electron chi connectivity index (χ2n) is 4.12. The van der Waals surface area contributed by atoms with Crippen LogP contribution >= 0.6 is 0 Å². The summed E-state index contributed by atoms with van der Waals surface area (Å²) >= 11 is 0. The number of carbonyl (C=O) groups is 1. The molecular weight excluding hydrogens is 178 g/mol. The normalized spacial score (nSPS) is 31.8. The molecule has 1 aliphatic rings. The summed E-state index contributed by atoms with van der Waals surface area (Å²) in [5.74, 6) is 0.587. The zero-order valence-electron chi connectivity index (χ0n) is 9.43. The van der Waals surface area contributed by atoms with Gasteiger partial charge in [0, 0.05) is 0 Å². The molecule has 0 radical (unpaired) electrons. The Morgan fingerprint density at radius 3 is 2.71 bits per heavy atom. The number of esters is 1. The number of nitrogens with one attached hydrogen (secondary N) is 1. The van der Waals surface area contributed by atoms with Crippen molar-refractivity contribution in [3.63, 3.8) is 0 Å². The third-order valence-corrected chi connectivity index (χ3v) is 3.29. The molecule has 1 saturated carbocycles. The monoisotopic (exact) mass is 199 g/mol. The minimum atomic E-state index is -0.385. The molecule has 2 unspecified atom stereocenters. The van der Waals surface area contributed by atoms with Crippen LogP contribution in [0.15, 0.2) is 0 Å². The van der Waals surface area contributed by atoms with Gasteiger partial charge in [0.2, 0.25) is 0 Å². The van der Waals surface area contributed by atoms with E-state index in [1.54, 1.807) is 0 Å². The number of rotatable bonds is 4. The molecule has 1 rings (SSSR count). The molecule has 0 amide bonds. The predicted molar refractivity (Wildman–Crippen MR) is 56.1 cm³/mol. The molecule has 2 atom stereocenters. The van der Waals surface area contributed by atoms with Gasteiger partial charge in [-0.1, -0.05) is 20.3 Å². The summed E-state index contributed by atoms with van der Waals surface area (Å²) in [7, 11) is 1.47. The van der Waals surface area contributed by atoms with E-state index in [1.807, 2.05) is 6.92 Å². The van der Waals surface area contributed by atoms with Crippen LogP contribution in [0.3, 0.4) is 0 Å². The Hall–Kier alpha value is -0.570.